The third kappa shape index (κ3) is 55.2. The zero-order valence-corrected chi connectivity index (χ0v) is 45.9. The van der Waals surface area contributed by atoms with Gasteiger partial charge in [-0.25, -0.2) is 0 Å². The summed E-state index contributed by atoms with van der Waals surface area (Å²) in [5.41, 5.74) is 0. The summed E-state index contributed by atoms with van der Waals surface area (Å²) in [5.74, 6) is 0.0223. The maximum Gasteiger partial charge on any atom is 0.306 e. The fraction of sp³-hybridized carbons (Fsp3) is 0.951. The molecule has 0 spiro atoms. The number of hydrogen-bond donors (Lipinski definition) is 0. The normalized spacial score (nSPS) is 12.0. The second kappa shape index (κ2) is 55.3. The van der Waals surface area contributed by atoms with Crippen molar-refractivity contribution in [1.82, 2.24) is 0 Å². The van der Waals surface area contributed by atoms with Crippen molar-refractivity contribution in [3.8, 4) is 0 Å². The lowest BCUT2D eigenvalue weighted by atomic mass is 10.0. The first-order chi connectivity index (χ1) is 32.9. The van der Waals surface area contributed by atoms with Gasteiger partial charge < -0.3 is 14.2 Å². The molecule has 6 nitrogen and oxygen atoms in total. The summed E-state index contributed by atoms with van der Waals surface area (Å²) in [6, 6.07) is 0. The predicted molar refractivity (Wildman–Crippen MR) is 289 cm³/mol. The first-order valence-corrected chi connectivity index (χ1v) is 30.4. The van der Waals surface area contributed by atoms with Gasteiger partial charge in [-0.1, -0.05) is 310 Å². The molecule has 0 heterocycles. The average Bonchev–Trinajstić information content (AvgIpc) is 3.31. The van der Waals surface area contributed by atoms with Gasteiger partial charge in [-0.05, 0) is 25.2 Å². The summed E-state index contributed by atoms with van der Waals surface area (Å²) < 4.78 is 16.9. The molecule has 0 aliphatic carbocycles. The number of esters is 3. The Morgan fingerprint density at radius 3 is 0.731 bits per heavy atom. The molecule has 67 heavy (non-hydrogen) atoms. The van der Waals surface area contributed by atoms with Gasteiger partial charge in [-0.15, -0.1) is 0 Å². The highest BCUT2D eigenvalue weighted by Crippen LogP contribution is 2.18. The van der Waals surface area contributed by atoms with Crippen molar-refractivity contribution in [2.45, 2.75) is 355 Å². The third-order valence-electron chi connectivity index (χ3n) is 14.0. The van der Waals surface area contributed by atoms with Crippen LogP contribution in [0.2, 0.25) is 0 Å². The predicted octanol–water partition coefficient (Wildman–Crippen LogP) is 20.2. The van der Waals surface area contributed by atoms with Crippen LogP contribution in [0.15, 0.2) is 0 Å². The molecule has 1 atom stereocenters. The number of rotatable bonds is 56. The van der Waals surface area contributed by atoms with E-state index in [1.807, 2.05) is 0 Å². The minimum atomic E-state index is -0.762. The van der Waals surface area contributed by atoms with E-state index in [9.17, 15) is 14.4 Å². The lowest BCUT2D eigenvalue weighted by molar-refractivity contribution is -0.167. The highest BCUT2D eigenvalue weighted by atomic mass is 16.6. The molecule has 0 aliphatic heterocycles. The van der Waals surface area contributed by atoms with Gasteiger partial charge >= 0.3 is 17.9 Å². The Labute approximate surface area is 418 Å². The molecule has 0 amide bonds. The van der Waals surface area contributed by atoms with Crippen LogP contribution in [0.1, 0.15) is 349 Å². The molecule has 0 aliphatic rings. The lowest BCUT2D eigenvalue weighted by Crippen LogP contribution is -2.30. The fourth-order valence-corrected chi connectivity index (χ4v) is 9.46. The lowest BCUT2D eigenvalue weighted by Gasteiger charge is -2.18. The van der Waals surface area contributed by atoms with Crippen LogP contribution in [-0.4, -0.2) is 37.2 Å². The topological polar surface area (TPSA) is 78.9 Å². The van der Waals surface area contributed by atoms with Crippen molar-refractivity contribution in [2.24, 2.45) is 5.92 Å². The van der Waals surface area contributed by atoms with Crippen LogP contribution in [0.4, 0.5) is 0 Å². The van der Waals surface area contributed by atoms with Crippen molar-refractivity contribution in [2.75, 3.05) is 13.2 Å². The molecule has 0 aromatic heterocycles. The maximum absolute atomic E-state index is 12.9. The number of ether oxygens (including phenoxy) is 3. The Hall–Kier alpha value is -1.59. The van der Waals surface area contributed by atoms with Crippen molar-refractivity contribution in [3.05, 3.63) is 0 Å². The molecule has 0 saturated carbocycles. The minimum absolute atomic E-state index is 0.0614. The highest BCUT2D eigenvalue weighted by Gasteiger charge is 2.19. The SMILES string of the molecule is CCCCCCCCCCCCCCCCCCC(=O)O[C@@H](COC(=O)CCCCCCCCCCCCCCCC)COC(=O)CCCCCCCCCCCCCCCCCCC(C)C. The first kappa shape index (κ1) is 65.4. The van der Waals surface area contributed by atoms with Gasteiger partial charge in [0.15, 0.2) is 6.10 Å². The molecular formula is C61H118O6. The standard InChI is InChI=1S/C61H118O6/c1-5-7-9-11-13-15-17-19-21-25-30-34-38-42-46-50-54-61(64)67-58(55-65-59(62)52-48-44-40-36-32-28-20-18-16-14-12-10-8-6-2)56-66-60(63)53-49-45-41-37-33-29-26-23-22-24-27-31-35-39-43-47-51-57(3)4/h57-58H,5-56H2,1-4H3/t58-/m0/s1. The summed E-state index contributed by atoms with van der Waals surface area (Å²) in [5, 5.41) is 0. The molecule has 0 fully saturated rings. The van der Waals surface area contributed by atoms with E-state index in [0.717, 1.165) is 63.7 Å². The zero-order chi connectivity index (χ0) is 48.8. The molecule has 6 heteroatoms. The van der Waals surface area contributed by atoms with E-state index in [1.54, 1.807) is 0 Å². The highest BCUT2D eigenvalue weighted by molar-refractivity contribution is 5.71. The molecule has 0 unspecified atom stereocenters. The monoisotopic (exact) mass is 947 g/mol. The van der Waals surface area contributed by atoms with E-state index in [-0.39, 0.29) is 31.1 Å². The fourth-order valence-electron chi connectivity index (χ4n) is 9.46. The summed E-state index contributed by atoms with van der Waals surface area (Å²) in [6.45, 7) is 9.08. The molecule has 0 bridgehead atoms. The van der Waals surface area contributed by atoms with Crippen LogP contribution in [-0.2, 0) is 28.6 Å². The van der Waals surface area contributed by atoms with E-state index in [0.29, 0.717) is 19.3 Å². The zero-order valence-electron chi connectivity index (χ0n) is 45.9. The van der Waals surface area contributed by atoms with Crippen molar-refractivity contribution in [1.29, 1.82) is 0 Å². The summed E-state index contributed by atoms with van der Waals surface area (Å²) in [6.07, 6.45) is 60.9. The van der Waals surface area contributed by atoms with Gasteiger partial charge in [0, 0.05) is 19.3 Å². The summed E-state index contributed by atoms with van der Waals surface area (Å²) in [4.78, 5) is 38.2. The maximum atomic E-state index is 12.9. The Morgan fingerprint density at radius 1 is 0.284 bits per heavy atom. The molecule has 0 radical (unpaired) electrons. The van der Waals surface area contributed by atoms with Gasteiger partial charge in [0.2, 0.25) is 0 Å². The van der Waals surface area contributed by atoms with Crippen molar-refractivity contribution < 1.29 is 28.6 Å². The van der Waals surface area contributed by atoms with E-state index >= 15 is 0 Å². The summed E-state index contributed by atoms with van der Waals surface area (Å²) >= 11 is 0. The van der Waals surface area contributed by atoms with Crippen LogP contribution >= 0.6 is 0 Å². The first-order valence-electron chi connectivity index (χ1n) is 30.4. The van der Waals surface area contributed by atoms with E-state index < -0.39 is 6.10 Å². The second-order valence-corrected chi connectivity index (χ2v) is 21.5. The minimum Gasteiger partial charge on any atom is -0.462 e. The Bertz CT molecular complexity index is 1010. The molecule has 0 aromatic rings. The number of carbonyl (C=O) groups is 3. The molecule has 0 N–H and O–H groups in total. The number of hydrogen-bond acceptors (Lipinski definition) is 6. The van der Waals surface area contributed by atoms with Crippen LogP contribution < -0.4 is 0 Å². The van der Waals surface area contributed by atoms with Crippen molar-refractivity contribution in [3.63, 3.8) is 0 Å². The Kier molecular flexibility index (Phi) is 54.0. The van der Waals surface area contributed by atoms with E-state index in [2.05, 4.69) is 27.7 Å². The van der Waals surface area contributed by atoms with Crippen LogP contribution in [0.5, 0.6) is 0 Å². The molecular weight excluding hydrogens is 829 g/mol. The quantitative estimate of drug-likeness (QED) is 0.0343. The van der Waals surface area contributed by atoms with E-state index in [1.165, 1.54) is 244 Å². The summed E-state index contributed by atoms with van der Waals surface area (Å²) in [7, 11) is 0. The third-order valence-corrected chi connectivity index (χ3v) is 14.0. The molecule has 0 rings (SSSR count). The second-order valence-electron chi connectivity index (χ2n) is 21.5. The van der Waals surface area contributed by atoms with Gasteiger partial charge in [-0.3, -0.25) is 14.4 Å². The number of unbranched alkanes of at least 4 members (excludes halogenated alkanes) is 43. The molecule has 0 aromatic carbocycles. The van der Waals surface area contributed by atoms with Crippen LogP contribution in [0.25, 0.3) is 0 Å². The van der Waals surface area contributed by atoms with Crippen LogP contribution in [0.3, 0.4) is 0 Å². The van der Waals surface area contributed by atoms with Gasteiger partial charge in [0.1, 0.15) is 13.2 Å². The van der Waals surface area contributed by atoms with Gasteiger partial charge in [0.05, 0.1) is 0 Å². The largest absolute Gasteiger partial charge is 0.462 e. The van der Waals surface area contributed by atoms with Gasteiger partial charge in [-0.2, -0.15) is 0 Å². The molecule has 398 valence electrons. The Balaban J connectivity index is 4.27. The number of carbonyl (C=O) groups excluding carboxylic acids is 3. The smallest absolute Gasteiger partial charge is 0.306 e. The van der Waals surface area contributed by atoms with Crippen molar-refractivity contribution >= 4 is 17.9 Å². The van der Waals surface area contributed by atoms with E-state index in [4.69, 9.17) is 14.2 Å². The Morgan fingerprint density at radius 2 is 0.493 bits per heavy atom. The van der Waals surface area contributed by atoms with Gasteiger partial charge in [0.25, 0.3) is 0 Å². The van der Waals surface area contributed by atoms with Crippen LogP contribution in [0, 0.1) is 5.92 Å². The molecule has 0 saturated heterocycles. The average molecular weight is 948 g/mol.